The van der Waals surface area contributed by atoms with Gasteiger partial charge in [-0.3, -0.25) is 9.98 Å². The molecule has 80 valence electrons. The quantitative estimate of drug-likeness (QED) is 0.690. The average Bonchev–Trinajstić information content (AvgIpc) is 2.29. The lowest BCUT2D eigenvalue weighted by Crippen LogP contribution is -1.85. The Morgan fingerprint density at radius 2 is 2.19 bits per heavy atom. The van der Waals surface area contributed by atoms with Crippen molar-refractivity contribution in [3.05, 3.63) is 42.1 Å². The fraction of sp³-hybridized carbons (Fsp3) is 0.143. The van der Waals surface area contributed by atoms with Crippen molar-refractivity contribution in [3.8, 4) is 0 Å². The minimum atomic E-state index is 0.898. The van der Waals surface area contributed by atoms with E-state index in [9.17, 15) is 0 Å². The molecule has 2 rings (SSSR count). The van der Waals surface area contributed by atoms with E-state index in [2.05, 4.69) is 28.7 Å². The number of aromatic nitrogens is 1. The predicted octanol–water partition coefficient (Wildman–Crippen LogP) is 3.91. The largest absolute Gasteiger partial charge is 0.259 e. The van der Waals surface area contributed by atoms with Crippen molar-refractivity contribution in [3.63, 3.8) is 0 Å². The van der Waals surface area contributed by atoms with Gasteiger partial charge in [0, 0.05) is 23.4 Å². The molecule has 0 amide bonds. The van der Waals surface area contributed by atoms with Gasteiger partial charge < -0.3 is 0 Å². The molecule has 2 nitrogen and oxygen atoms in total. The summed E-state index contributed by atoms with van der Waals surface area (Å²) < 4.78 is 0. The van der Waals surface area contributed by atoms with Crippen molar-refractivity contribution >= 4 is 28.9 Å². The van der Waals surface area contributed by atoms with E-state index >= 15 is 0 Å². The standard InChI is InChI=1S/C14H14N2/c1-4-11-6-7-12-8-10(3)9-16-14(12)13(11)15-5-2/h4-9H,1H2,2-3H3/b15-5-. The number of hydrogen-bond acceptors (Lipinski definition) is 2. The van der Waals surface area contributed by atoms with Gasteiger partial charge in [0.2, 0.25) is 0 Å². The van der Waals surface area contributed by atoms with Crippen LogP contribution in [-0.2, 0) is 0 Å². The Labute approximate surface area is 95.4 Å². The number of rotatable bonds is 2. The first-order valence-electron chi connectivity index (χ1n) is 5.26. The van der Waals surface area contributed by atoms with Crippen LogP contribution in [0.4, 0.5) is 5.69 Å². The molecule has 2 aromatic rings. The van der Waals surface area contributed by atoms with Crippen LogP contribution in [0.1, 0.15) is 18.1 Å². The molecule has 0 radical (unpaired) electrons. The van der Waals surface area contributed by atoms with E-state index in [1.54, 1.807) is 6.21 Å². The predicted molar refractivity (Wildman–Crippen MR) is 70.4 cm³/mol. The third-order valence-electron chi connectivity index (χ3n) is 2.47. The maximum absolute atomic E-state index is 4.45. The Morgan fingerprint density at radius 3 is 2.88 bits per heavy atom. The molecule has 0 unspecified atom stereocenters. The molecule has 0 N–H and O–H groups in total. The summed E-state index contributed by atoms with van der Waals surface area (Å²) in [5, 5.41) is 1.12. The molecule has 0 aliphatic rings. The van der Waals surface area contributed by atoms with Crippen LogP contribution in [0, 0.1) is 6.92 Å². The smallest absolute Gasteiger partial charge is 0.0964 e. The number of aryl methyl sites for hydroxylation is 1. The molecule has 0 atom stereocenters. The number of hydrogen-bond donors (Lipinski definition) is 0. The molecule has 0 saturated heterocycles. The van der Waals surface area contributed by atoms with Crippen molar-refractivity contribution in [1.82, 2.24) is 4.98 Å². The Morgan fingerprint density at radius 1 is 1.38 bits per heavy atom. The molecule has 0 fully saturated rings. The molecule has 0 saturated carbocycles. The molecule has 0 aliphatic carbocycles. The third-order valence-corrected chi connectivity index (χ3v) is 2.47. The lowest BCUT2D eigenvalue weighted by atomic mass is 10.1. The molecule has 0 aliphatic heterocycles. The van der Waals surface area contributed by atoms with Gasteiger partial charge in [-0.25, -0.2) is 0 Å². The molecule has 2 heteroatoms. The summed E-state index contributed by atoms with van der Waals surface area (Å²) >= 11 is 0. The van der Waals surface area contributed by atoms with Crippen molar-refractivity contribution in [2.75, 3.05) is 0 Å². The fourth-order valence-corrected chi connectivity index (χ4v) is 1.74. The van der Waals surface area contributed by atoms with E-state index in [0.29, 0.717) is 0 Å². The molecule has 0 bridgehead atoms. The lowest BCUT2D eigenvalue weighted by Gasteiger charge is -2.05. The van der Waals surface area contributed by atoms with Crippen LogP contribution in [0.3, 0.4) is 0 Å². The zero-order valence-electron chi connectivity index (χ0n) is 9.57. The summed E-state index contributed by atoms with van der Waals surface area (Å²) in [5.74, 6) is 0. The highest BCUT2D eigenvalue weighted by atomic mass is 14.8. The highest BCUT2D eigenvalue weighted by Crippen LogP contribution is 2.29. The van der Waals surface area contributed by atoms with E-state index in [4.69, 9.17) is 0 Å². The summed E-state index contributed by atoms with van der Waals surface area (Å²) in [5.41, 5.74) is 4.00. The minimum absolute atomic E-state index is 0.898. The maximum atomic E-state index is 4.45. The summed E-state index contributed by atoms with van der Waals surface area (Å²) in [6, 6.07) is 6.20. The van der Waals surface area contributed by atoms with Crippen LogP contribution in [0.2, 0.25) is 0 Å². The van der Waals surface area contributed by atoms with Crippen LogP contribution in [-0.4, -0.2) is 11.2 Å². The number of nitrogens with zero attached hydrogens (tertiary/aromatic N) is 2. The molecule has 0 spiro atoms. The van der Waals surface area contributed by atoms with Crippen LogP contribution in [0.5, 0.6) is 0 Å². The molecular weight excluding hydrogens is 196 g/mol. The number of benzene rings is 1. The van der Waals surface area contributed by atoms with Crippen LogP contribution >= 0.6 is 0 Å². The highest BCUT2D eigenvalue weighted by molar-refractivity contribution is 5.94. The summed E-state index contributed by atoms with van der Waals surface area (Å²) in [6.45, 7) is 7.74. The Kier molecular flexibility index (Phi) is 2.82. The minimum Gasteiger partial charge on any atom is -0.259 e. The third kappa shape index (κ3) is 1.74. The highest BCUT2D eigenvalue weighted by Gasteiger charge is 2.05. The van der Waals surface area contributed by atoms with Crippen molar-refractivity contribution in [2.24, 2.45) is 4.99 Å². The Balaban J connectivity index is 2.83. The van der Waals surface area contributed by atoms with Gasteiger partial charge >= 0.3 is 0 Å². The normalized spacial score (nSPS) is 11.1. The fourth-order valence-electron chi connectivity index (χ4n) is 1.74. The van der Waals surface area contributed by atoms with Gasteiger partial charge in [-0.1, -0.05) is 24.8 Å². The van der Waals surface area contributed by atoms with Crippen molar-refractivity contribution in [1.29, 1.82) is 0 Å². The zero-order chi connectivity index (χ0) is 11.5. The van der Waals surface area contributed by atoms with E-state index in [1.165, 1.54) is 0 Å². The summed E-state index contributed by atoms with van der Waals surface area (Å²) in [7, 11) is 0. The van der Waals surface area contributed by atoms with Gasteiger partial charge in [0.1, 0.15) is 0 Å². The summed E-state index contributed by atoms with van der Waals surface area (Å²) in [4.78, 5) is 8.82. The molecule has 1 aromatic carbocycles. The van der Waals surface area contributed by atoms with Crippen LogP contribution in [0.25, 0.3) is 17.0 Å². The average molecular weight is 210 g/mol. The Bertz CT molecular complexity index is 568. The van der Waals surface area contributed by atoms with Gasteiger partial charge in [-0.05, 0) is 25.5 Å². The molecular formula is C14H14N2. The monoisotopic (exact) mass is 210 g/mol. The first kappa shape index (κ1) is 10.6. The van der Waals surface area contributed by atoms with E-state index in [-0.39, 0.29) is 0 Å². The first-order chi connectivity index (χ1) is 7.76. The molecule has 1 heterocycles. The van der Waals surface area contributed by atoms with Gasteiger partial charge in [0.05, 0.1) is 11.2 Å². The van der Waals surface area contributed by atoms with Gasteiger partial charge in [0.15, 0.2) is 0 Å². The van der Waals surface area contributed by atoms with Crippen molar-refractivity contribution < 1.29 is 0 Å². The van der Waals surface area contributed by atoms with Gasteiger partial charge in [0.25, 0.3) is 0 Å². The Hall–Kier alpha value is -1.96. The second-order valence-electron chi connectivity index (χ2n) is 3.68. The van der Waals surface area contributed by atoms with Crippen LogP contribution in [0.15, 0.2) is 36.0 Å². The lowest BCUT2D eigenvalue weighted by molar-refractivity contribution is 1.32. The molecule has 1 aromatic heterocycles. The van der Waals surface area contributed by atoms with Gasteiger partial charge in [-0.2, -0.15) is 0 Å². The van der Waals surface area contributed by atoms with E-state index < -0.39 is 0 Å². The van der Waals surface area contributed by atoms with Crippen molar-refractivity contribution in [2.45, 2.75) is 13.8 Å². The number of aliphatic imine (C=N–C) groups is 1. The second kappa shape index (κ2) is 4.27. The molecule has 16 heavy (non-hydrogen) atoms. The van der Waals surface area contributed by atoms with Crippen LogP contribution < -0.4 is 0 Å². The summed E-state index contributed by atoms with van der Waals surface area (Å²) in [6.07, 6.45) is 5.45. The number of fused-ring (bicyclic) bond motifs is 1. The zero-order valence-corrected chi connectivity index (χ0v) is 9.57. The second-order valence-corrected chi connectivity index (χ2v) is 3.68. The first-order valence-corrected chi connectivity index (χ1v) is 5.26. The van der Waals surface area contributed by atoms with Gasteiger partial charge in [-0.15, -0.1) is 0 Å². The number of pyridine rings is 1. The maximum Gasteiger partial charge on any atom is 0.0964 e. The topological polar surface area (TPSA) is 25.2 Å². The SMILES string of the molecule is C=Cc1ccc2cc(C)cnc2c1/N=C\C. The van der Waals surface area contributed by atoms with E-state index in [1.807, 2.05) is 32.2 Å². The van der Waals surface area contributed by atoms with E-state index in [0.717, 1.165) is 27.7 Å².